The molecule has 0 saturated carbocycles. The van der Waals surface area contributed by atoms with Crippen molar-refractivity contribution in [2.45, 2.75) is 12.8 Å². The molecule has 1 atom stereocenters. The number of hydrogen-bond acceptors (Lipinski definition) is 3. The smallest absolute Gasteiger partial charge is 0.208 e. The molecule has 0 bridgehead atoms. The van der Waals surface area contributed by atoms with Gasteiger partial charge in [0, 0.05) is 0 Å². The van der Waals surface area contributed by atoms with Gasteiger partial charge in [-0.25, -0.2) is 17.4 Å². The molecule has 0 aromatic carbocycles. The summed E-state index contributed by atoms with van der Waals surface area (Å²) < 4.78 is 65.8. The zero-order valence-corrected chi connectivity index (χ0v) is 5.12. The molecule has 0 saturated heterocycles. The summed E-state index contributed by atoms with van der Waals surface area (Å²) >= 11 is 0. The SMILES string of the molecule is O=S(=O)(F)OC(F)C(F)F. The molecule has 0 rings (SSSR count). The Morgan fingerprint density at radius 1 is 1.20 bits per heavy atom. The van der Waals surface area contributed by atoms with Crippen LogP contribution in [0.4, 0.5) is 17.1 Å². The summed E-state index contributed by atoms with van der Waals surface area (Å²) in [6.45, 7) is 0. The molecule has 1 unspecified atom stereocenters. The summed E-state index contributed by atoms with van der Waals surface area (Å²) in [6.07, 6.45) is -7.11. The fraction of sp³-hybridized carbons (Fsp3) is 1.00. The highest BCUT2D eigenvalue weighted by Gasteiger charge is 2.26. The van der Waals surface area contributed by atoms with E-state index in [1.54, 1.807) is 0 Å². The second kappa shape index (κ2) is 3.15. The normalized spacial score (nSPS) is 15.7. The molecule has 0 fully saturated rings. The molecule has 0 heterocycles. The van der Waals surface area contributed by atoms with E-state index < -0.39 is 23.3 Å². The number of alkyl halides is 3. The summed E-state index contributed by atoms with van der Waals surface area (Å²) in [4.78, 5) is 0. The Hall–Kier alpha value is -0.370. The van der Waals surface area contributed by atoms with Crippen LogP contribution in [-0.2, 0) is 14.7 Å². The highest BCUT2D eigenvalue weighted by molar-refractivity contribution is 7.81. The van der Waals surface area contributed by atoms with Gasteiger partial charge in [0.05, 0.1) is 0 Å². The van der Waals surface area contributed by atoms with Crippen LogP contribution in [-0.4, -0.2) is 21.2 Å². The third-order valence-electron chi connectivity index (χ3n) is 0.405. The Balaban J connectivity index is 3.93. The monoisotopic (exact) mass is 182 g/mol. The lowest BCUT2D eigenvalue weighted by molar-refractivity contribution is -0.0661. The van der Waals surface area contributed by atoms with E-state index in [1.807, 2.05) is 0 Å². The molecule has 0 aliphatic heterocycles. The number of rotatable bonds is 3. The molecule has 8 heteroatoms. The van der Waals surface area contributed by atoms with Crippen molar-refractivity contribution < 1.29 is 29.7 Å². The highest BCUT2D eigenvalue weighted by Crippen LogP contribution is 2.10. The van der Waals surface area contributed by atoms with Crippen LogP contribution in [0.2, 0.25) is 0 Å². The molecular formula is C2H2F4O3S. The topological polar surface area (TPSA) is 43.4 Å². The minimum absolute atomic E-state index is 2.59. The van der Waals surface area contributed by atoms with Gasteiger partial charge in [-0.3, -0.25) is 0 Å². The van der Waals surface area contributed by atoms with E-state index in [2.05, 4.69) is 4.18 Å². The van der Waals surface area contributed by atoms with Crippen LogP contribution >= 0.6 is 0 Å². The van der Waals surface area contributed by atoms with E-state index in [-0.39, 0.29) is 0 Å². The standard InChI is InChI=1S/C2H2F4O3S/c3-1(4)2(5)9-10(6,7)8/h1-2H. The van der Waals surface area contributed by atoms with Crippen molar-refractivity contribution in [3.63, 3.8) is 0 Å². The quantitative estimate of drug-likeness (QED) is 0.478. The summed E-state index contributed by atoms with van der Waals surface area (Å²) in [5.41, 5.74) is 0. The van der Waals surface area contributed by atoms with Gasteiger partial charge in [0.1, 0.15) is 0 Å². The average molecular weight is 182 g/mol. The maximum absolute atomic E-state index is 11.4. The summed E-state index contributed by atoms with van der Waals surface area (Å²) in [5.74, 6) is 0. The summed E-state index contributed by atoms with van der Waals surface area (Å²) in [7, 11) is -5.62. The Labute approximate surface area is 54.0 Å². The fourth-order valence-corrected chi connectivity index (χ4v) is 0.455. The zero-order chi connectivity index (χ0) is 8.36. The van der Waals surface area contributed by atoms with Crippen molar-refractivity contribution in [2.75, 3.05) is 0 Å². The minimum atomic E-state index is -5.62. The van der Waals surface area contributed by atoms with E-state index in [4.69, 9.17) is 0 Å². The highest BCUT2D eigenvalue weighted by atomic mass is 32.3. The molecule has 0 radical (unpaired) electrons. The molecule has 0 aromatic rings. The number of halogens is 4. The molecule has 0 aliphatic carbocycles. The van der Waals surface area contributed by atoms with Gasteiger partial charge in [-0.2, -0.15) is 8.42 Å². The van der Waals surface area contributed by atoms with Gasteiger partial charge in [0.25, 0.3) is 12.8 Å². The van der Waals surface area contributed by atoms with Gasteiger partial charge in [0.15, 0.2) is 0 Å². The van der Waals surface area contributed by atoms with Gasteiger partial charge in [-0.15, -0.1) is 0 Å². The largest absolute Gasteiger partial charge is 0.440 e. The van der Waals surface area contributed by atoms with E-state index in [9.17, 15) is 25.5 Å². The number of hydrogen-bond donors (Lipinski definition) is 0. The average Bonchev–Trinajstić information content (AvgIpc) is 1.60. The van der Waals surface area contributed by atoms with Crippen LogP contribution in [0.5, 0.6) is 0 Å². The van der Waals surface area contributed by atoms with Gasteiger partial charge in [-0.1, -0.05) is 3.89 Å². The van der Waals surface area contributed by atoms with Crippen molar-refractivity contribution >= 4 is 10.5 Å². The van der Waals surface area contributed by atoms with Crippen molar-refractivity contribution in [3.05, 3.63) is 0 Å². The van der Waals surface area contributed by atoms with Crippen molar-refractivity contribution in [1.29, 1.82) is 0 Å². The fourth-order valence-electron chi connectivity index (χ4n) is 0.152. The molecule has 0 aromatic heterocycles. The summed E-state index contributed by atoms with van der Waals surface area (Å²) in [6, 6.07) is 0. The first-order valence-electron chi connectivity index (χ1n) is 1.88. The first-order chi connectivity index (χ1) is 4.33. The molecule has 10 heavy (non-hydrogen) atoms. The zero-order valence-electron chi connectivity index (χ0n) is 4.30. The van der Waals surface area contributed by atoms with Crippen LogP contribution in [0.15, 0.2) is 0 Å². The van der Waals surface area contributed by atoms with E-state index in [0.717, 1.165) is 0 Å². The second-order valence-corrected chi connectivity index (χ2v) is 2.15. The van der Waals surface area contributed by atoms with Gasteiger partial charge in [-0.05, 0) is 0 Å². The van der Waals surface area contributed by atoms with Crippen LogP contribution in [0.3, 0.4) is 0 Å². The van der Waals surface area contributed by atoms with Crippen molar-refractivity contribution in [2.24, 2.45) is 0 Å². The molecular weight excluding hydrogens is 180 g/mol. The third kappa shape index (κ3) is 4.50. The predicted molar refractivity (Wildman–Crippen MR) is 22.0 cm³/mol. The predicted octanol–water partition coefficient (Wildman–Crippen LogP) is 0.778. The van der Waals surface area contributed by atoms with Crippen LogP contribution < -0.4 is 0 Å². The van der Waals surface area contributed by atoms with E-state index in [1.165, 1.54) is 0 Å². The van der Waals surface area contributed by atoms with E-state index in [0.29, 0.717) is 0 Å². The maximum Gasteiger partial charge on any atom is 0.440 e. The molecule has 0 N–H and O–H groups in total. The van der Waals surface area contributed by atoms with E-state index >= 15 is 0 Å². The van der Waals surface area contributed by atoms with Gasteiger partial charge in [0.2, 0.25) is 0 Å². The second-order valence-electron chi connectivity index (χ2n) is 1.17. The van der Waals surface area contributed by atoms with Crippen LogP contribution in [0.25, 0.3) is 0 Å². The summed E-state index contributed by atoms with van der Waals surface area (Å²) in [5, 5.41) is 0. The molecule has 62 valence electrons. The molecule has 3 nitrogen and oxygen atoms in total. The van der Waals surface area contributed by atoms with Gasteiger partial charge < -0.3 is 0 Å². The molecule has 0 spiro atoms. The first-order valence-corrected chi connectivity index (χ1v) is 3.19. The van der Waals surface area contributed by atoms with Crippen molar-refractivity contribution in [1.82, 2.24) is 0 Å². The Morgan fingerprint density at radius 3 is 1.70 bits per heavy atom. The van der Waals surface area contributed by atoms with Gasteiger partial charge >= 0.3 is 10.5 Å². The third-order valence-corrected chi connectivity index (χ3v) is 0.819. The minimum Gasteiger partial charge on any atom is -0.208 e. The maximum atomic E-state index is 11.4. The van der Waals surface area contributed by atoms with Crippen molar-refractivity contribution in [3.8, 4) is 0 Å². The Bertz CT molecular complexity index is 187. The molecule has 0 amide bonds. The lowest BCUT2D eigenvalue weighted by atomic mass is 10.7. The Morgan fingerprint density at radius 2 is 1.60 bits per heavy atom. The van der Waals surface area contributed by atoms with Crippen LogP contribution in [0.1, 0.15) is 0 Å². The van der Waals surface area contributed by atoms with Crippen LogP contribution in [0, 0.1) is 0 Å². The lowest BCUT2D eigenvalue weighted by Crippen LogP contribution is -2.18. The Kier molecular flexibility index (Phi) is 3.03. The lowest BCUT2D eigenvalue weighted by Gasteiger charge is -2.01. The molecule has 0 aliphatic rings. The first kappa shape index (κ1) is 9.63.